The second-order valence-electron chi connectivity index (χ2n) is 5.61. The van der Waals surface area contributed by atoms with Crippen molar-refractivity contribution >= 4 is 32.1 Å². The molecule has 0 spiro atoms. The quantitative estimate of drug-likeness (QED) is 0.629. The number of fused-ring (bicyclic) bond motifs is 1. The summed E-state index contributed by atoms with van der Waals surface area (Å²) < 4.78 is 2.80. The first-order chi connectivity index (χ1) is 10.2. The van der Waals surface area contributed by atoms with E-state index in [4.69, 9.17) is 0 Å². The van der Waals surface area contributed by atoms with Gasteiger partial charge in [-0.2, -0.15) is 0 Å². The maximum Gasteiger partial charge on any atom is 0.0671 e. The maximum absolute atomic E-state index is 3.63. The third-order valence-corrected chi connectivity index (χ3v) is 5.95. The maximum atomic E-state index is 3.63. The molecular weight excluding hydrogens is 294 g/mol. The Balaban J connectivity index is 1.95. The van der Waals surface area contributed by atoms with E-state index in [1.807, 2.05) is 22.7 Å². The highest BCUT2D eigenvalue weighted by Crippen LogP contribution is 2.36. The summed E-state index contributed by atoms with van der Waals surface area (Å²) in [6, 6.07) is 13.9. The first-order valence-corrected chi connectivity index (χ1v) is 9.19. The van der Waals surface area contributed by atoms with Gasteiger partial charge in [-0.3, -0.25) is 0 Å². The fraction of sp³-hybridized carbons (Fsp3) is 0.333. The van der Waals surface area contributed by atoms with Crippen molar-refractivity contribution in [1.29, 1.82) is 0 Å². The van der Waals surface area contributed by atoms with Gasteiger partial charge >= 0.3 is 0 Å². The lowest BCUT2D eigenvalue weighted by Gasteiger charge is -2.18. The lowest BCUT2D eigenvalue weighted by Crippen LogP contribution is -2.21. The standard InChI is InChI=1S/C18H21NS2/c1-4-19-18(14-7-5-13(6-8-14)12(2)3)17-11-16-15(21-17)9-10-20-16/h5-12,18-19H,4H2,1-3H3. The summed E-state index contributed by atoms with van der Waals surface area (Å²) in [5, 5.41) is 5.80. The average Bonchev–Trinajstić information content (AvgIpc) is 3.06. The molecule has 0 amide bonds. The SMILES string of the molecule is CCNC(c1ccc(C(C)C)cc1)c1cc2sccc2s1. The first-order valence-electron chi connectivity index (χ1n) is 7.49. The number of benzene rings is 1. The van der Waals surface area contributed by atoms with E-state index in [9.17, 15) is 0 Å². The van der Waals surface area contributed by atoms with Gasteiger partial charge in [0.05, 0.1) is 6.04 Å². The molecule has 0 aliphatic carbocycles. The van der Waals surface area contributed by atoms with Crippen LogP contribution in [0, 0.1) is 0 Å². The van der Waals surface area contributed by atoms with Gasteiger partial charge in [0.15, 0.2) is 0 Å². The Bertz CT molecular complexity index is 678. The van der Waals surface area contributed by atoms with Gasteiger partial charge in [0.25, 0.3) is 0 Å². The van der Waals surface area contributed by atoms with Crippen molar-refractivity contribution in [3.63, 3.8) is 0 Å². The molecule has 1 unspecified atom stereocenters. The molecule has 0 saturated heterocycles. The minimum Gasteiger partial charge on any atom is -0.306 e. The van der Waals surface area contributed by atoms with Crippen LogP contribution in [0.3, 0.4) is 0 Å². The number of rotatable bonds is 5. The van der Waals surface area contributed by atoms with Crippen molar-refractivity contribution in [2.24, 2.45) is 0 Å². The summed E-state index contributed by atoms with van der Waals surface area (Å²) in [6.45, 7) is 7.63. The number of thiophene rings is 2. The molecule has 1 nitrogen and oxygen atoms in total. The molecule has 3 aromatic rings. The molecule has 0 fully saturated rings. The van der Waals surface area contributed by atoms with Gasteiger partial charge in [0.1, 0.15) is 0 Å². The molecule has 3 rings (SSSR count). The zero-order valence-corrected chi connectivity index (χ0v) is 14.4. The van der Waals surface area contributed by atoms with E-state index < -0.39 is 0 Å². The smallest absolute Gasteiger partial charge is 0.0671 e. The molecule has 0 aliphatic rings. The van der Waals surface area contributed by atoms with Crippen molar-refractivity contribution in [2.45, 2.75) is 32.7 Å². The molecular formula is C18H21NS2. The summed E-state index contributed by atoms with van der Waals surface area (Å²) in [5.41, 5.74) is 2.76. The second kappa shape index (κ2) is 6.30. The molecule has 0 radical (unpaired) electrons. The Kier molecular flexibility index (Phi) is 4.43. The van der Waals surface area contributed by atoms with Crippen LogP contribution >= 0.6 is 22.7 Å². The predicted octanol–water partition coefficient (Wildman–Crippen LogP) is 5.79. The van der Waals surface area contributed by atoms with Gasteiger partial charge in [0, 0.05) is 14.3 Å². The molecule has 3 heteroatoms. The zero-order valence-electron chi connectivity index (χ0n) is 12.7. The summed E-state index contributed by atoms with van der Waals surface area (Å²) in [5.74, 6) is 0.587. The summed E-state index contributed by atoms with van der Waals surface area (Å²) in [7, 11) is 0. The van der Waals surface area contributed by atoms with Crippen molar-refractivity contribution in [3.8, 4) is 0 Å². The Morgan fingerprint density at radius 2 is 1.71 bits per heavy atom. The van der Waals surface area contributed by atoms with Crippen LogP contribution in [0.5, 0.6) is 0 Å². The van der Waals surface area contributed by atoms with Gasteiger partial charge in [-0.05, 0) is 41.1 Å². The highest BCUT2D eigenvalue weighted by molar-refractivity contribution is 7.27. The topological polar surface area (TPSA) is 12.0 Å². The van der Waals surface area contributed by atoms with Crippen LogP contribution in [-0.2, 0) is 0 Å². The van der Waals surface area contributed by atoms with Crippen molar-refractivity contribution in [1.82, 2.24) is 5.32 Å². The lowest BCUT2D eigenvalue weighted by molar-refractivity contribution is 0.639. The lowest BCUT2D eigenvalue weighted by atomic mass is 9.98. The van der Waals surface area contributed by atoms with Crippen LogP contribution in [0.4, 0.5) is 0 Å². The van der Waals surface area contributed by atoms with Crippen LogP contribution < -0.4 is 5.32 Å². The number of hydrogen-bond donors (Lipinski definition) is 1. The van der Waals surface area contributed by atoms with Crippen LogP contribution in [-0.4, -0.2) is 6.54 Å². The summed E-state index contributed by atoms with van der Waals surface area (Å²) in [4.78, 5) is 1.41. The third-order valence-electron chi connectivity index (χ3n) is 3.79. The van der Waals surface area contributed by atoms with Crippen LogP contribution in [0.25, 0.3) is 9.40 Å². The van der Waals surface area contributed by atoms with E-state index in [-0.39, 0.29) is 0 Å². The van der Waals surface area contributed by atoms with Crippen LogP contribution in [0.1, 0.15) is 48.7 Å². The third kappa shape index (κ3) is 3.05. The summed E-state index contributed by atoms with van der Waals surface area (Å²) >= 11 is 3.73. The van der Waals surface area contributed by atoms with E-state index in [0.717, 1.165) is 6.54 Å². The molecule has 1 aromatic carbocycles. The Morgan fingerprint density at radius 3 is 2.33 bits per heavy atom. The molecule has 0 aliphatic heterocycles. The largest absolute Gasteiger partial charge is 0.306 e. The number of nitrogens with one attached hydrogen (secondary N) is 1. The van der Waals surface area contributed by atoms with E-state index in [1.54, 1.807) is 0 Å². The highest BCUT2D eigenvalue weighted by Gasteiger charge is 2.16. The first kappa shape index (κ1) is 14.8. The fourth-order valence-corrected chi connectivity index (χ4v) is 4.81. The Labute approximate surface area is 134 Å². The van der Waals surface area contributed by atoms with Gasteiger partial charge in [0.2, 0.25) is 0 Å². The molecule has 2 aromatic heterocycles. The van der Waals surface area contributed by atoms with E-state index in [1.165, 1.54) is 25.4 Å². The molecule has 1 N–H and O–H groups in total. The Morgan fingerprint density at radius 1 is 1.00 bits per heavy atom. The zero-order chi connectivity index (χ0) is 14.8. The Hall–Kier alpha value is -1.16. The van der Waals surface area contributed by atoms with Gasteiger partial charge in [-0.1, -0.05) is 45.0 Å². The van der Waals surface area contributed by atoms with Crippen LogP contribution in [0.2, 0.25) is 0 Å². The van der Waals surface area contributed by atoms with Gasteiger partial charge in [-0.25, -0.2) is 0 Å². The molecule has 1 atom stereocenters. The van der Waals surface area contributed by atoms with E-state index in [0.29, 0.717) is 12.0 Å². The summed E-state index contributed by atoms with van der Waals surface area (Å²) in [6.07, 6.45) is 0. The van der Waals surface area contributed by atoms with Crippen LogP contribution in [0.15, 0.2) is 41.8 Å². The molecule has 0 saturated carbocycles. The highest BCUT2D eigenvalue weighted by atomic mass is 32.1. The number of hydrogen-bond acceptors (Lipinski definition) is 3. The van der Waals surface area contributed by atoms with E-state index >= 15 is 0 Å². The second-order valence-corrected chi connectivity index (χ2v) is 7.67. The molecule has 110 valence electrons. The monoisotopic (exact) mass is 315 g/mol. The minimum atomic E-state index is 0.306. The average molecular weight is 316 g/mol. The van der Waals surface area contributed by atoms with Crippen molar-refractivity contribution < 1.29 is 0 Å². The van der Waals surface area contributed by atoms with Crippen molar-refractivity contribution in [3.05, 3.63) is 57.8 Å². The fourth-order valence-electron chi connectivity index (χ4n) is 2.59. The van der Waals surface area contributed by atoms with Gasteiger partial charge in [-0.15, -0.1) is 22.7 Å². The molecule has 21 heavy (non-hydrogen) atoms. The minimum absolute atomic E-state index is 0.306. The molecule has 2 heterocycles. The molecule has 0 bridgehead atoms. The van der Waals surface area contributed by atoms with Gasteiger partial charge < -0.3 is 5.32 Å². The van der Waals surface area contributed by atoms with Crippen molar-refractivity contribution in [2.75, 3.05) is 6.54 Å². The predicted molar refractivity (Wildman–Crippen MR) is 95.8 cm³/mol. The normalized spacial score (nSPS) is 13.1. The van der Waals surface area contributed by atoms with E-state index in [2.05, 4.69) is 67.9 Å².